The Morgan fingerprint density at radius 1 is 1.44 bits per heavy atom. The smallest absolute Gasteiger partial charge is 0.404 e. The van der Waals surface area contributed by atoms with Crippen LogP contribution in [0.4, 0.5) is 0 Å². The Morgan fingerprint density at radius 2 is 2.06 bits per heavy atom. The van der Waals surface area contributed by atoms with Crippen LogP contribution in [0.15, 0.2) is 24.3 Å². The zero-order chi connectivity index (χ0) is 12.0. The summed E-state index contributed by atoms with van der Waals surface area (Å²) in [5.41, 5.74) is 0. The van der Waals surface area contributed by atoms with Gasteiger partial charge in [-0.05, 0) is 24.3 Å². The van der Waals surface area contributed by atoms with Crippen molar-refractivity contribution in [2.24, 2.45) is 0 Å². The summed E-state index contributed by atoms with van der Waals surface area (Å²) in [5, 5.41) is 8.72. The number of nitriles is 1. The maximum absolute atomic E-state index is 11.3. The monoisotopic (exact) mass is 261 g/mol. The molecule has 0 aliphatic carbocycles. The van der Waals surface area contributed by atoms with Crippen LogP contribution in [-0.2, 0) is 9.09 Å². The van der Waals surface area contributed by atoms with Crippen LogP contribution < -0.4 is 4.52 Å². The molecular formula is C9H9ClNO4P. The lowest BCUT2D eigenvalue weighted by Gasteiger charge is -2.11. The molecular weight excluding hydrogens is 253 g/mol. The maximum Gasteiger partial charge on any atom is 0.527 e. The van der Waals surface area contributed by atoms with Crippen LogP contribution in [-0.4, -0.2) is 11.5 Å². The number of hydrogen-bond donors (Lipinski definition) is 1. The van der Waals surface area contributed by atoms with Crippen LogP contribution >= 0.6 is 19.4 Å². The molecule has 0 aliphatic rings. The number of hydrogen-bond acceptors (Lipinski definition) is 4. The van der Waals surface area contributed by atoms with Gasteiger partial charge >= 0.3 is 7.82 Å². The van der Waals surface area contributed by atoms with E-state index < -0.39 is 7.82 Å². The minimum atomic E-state index is -4.15. The van der Waals surface area contributed by atoms with Crippen LogP contribution in [0.1, 0.15) is 6.42 Å². The molecule has 1 rings (SSSR count). The topological polar surface area (TPSA) is 79.5 Å². The first-order chi connectivity index (χ1) is 7.53. The highest BCUT2D eigenvalue weighted by Gasteiger charge is 2.22. The summed E-state index contributed by atoms with van der Waals surface area (Å²) in [4.78, 5) is 9.23. The molecule has 1 unspecified atom stereocenters. The predicted molar refractivity (Wildman–Crippen MR) is 58.1 cm³/mol. The number of phosphoric acid groups is 1. The van der Waals surface area contributed by atoms with Crippen LogP contribution in [0.25, 0.3) is 0 Å². The van der Waals surface area contributed by atoms with E-state index in [1.54, 1.807) is 6.07 Å². The Kier molecular flexibility index (Phi) is 4.78. The Bertz CT molecular complexity index is 428. The molecule has 0 bridgehead atoms. The van der Waals surface area contributed by atoms with E-state index in [0.29, 0.717) is 5.02 Å². The molecule has 1 aromatic rings. The van der Waals surface area contributed by atoms with Gasteiger partial charge in [-0.3, -0.25) is 9.42 Å². The highest BCUT2D eigenvalue weighted by molar-refractivity contribution is 7.47. The fourth-order valence-electron chi connectivity index (χ4n) is 0.862. The van der Waals surface area contributed by atoms with Crippen LogP contribution in [0, 0.1) is 11.3 Å². The molecule has 1 atom stereocenters. The van der Waals surface area contributed by atoms with Gasteiger partial charge in [-0.25, -0.2) is 4.57 Å². The average molecular weight is 262 g/mol. The first kappa shape index (κ1) is 13.0. The molecule has 0 aromatic heterocycles. The second kappa shape index (κ2) is 5.88. The highest BCUT2D eigenvalue weighted by atomic mass is 35.5. The van der Waals surface area contributed by atoms with Crippen molar-refractivity contribution in [1.29, 1.82) is 5.26 Å². The van der Waals surface area contributed by atoms with Crippen LogP contribution in [0.5, 0.6) is 5.75 Å². The maximum atomic E-state index is 11.3. The van der Waals surface area contributed by atoms with E-state index in [4.69, 9.17) is 21.4 Å². The van der Waals surface area contributed by atoms with Gasteiger partial charge in [0.25, 0.3) is 0 Å². The lowest BCUT2D eigenvalue weighted by atomic mass is 10.3. The van der Waals surface area contributed by atoms with Gasteiger partial charge in [0.1, 0.15) is 5.75 Å². The third-order valence-corrected chi connectivity index (χ3v) is 2.71. The Hall–Kier alpha value is -1.05. The standard InChI is InChI=1S/C9H9ClNO4P/c10-8-2-4-9(5-3-8)15-16(12,13)14-7-1-6-11/h2-5H,1,7H2,(H,12,13). The second-order valence-corrected chi connectivity index (χ2v) is 4.57. The van der Waals surface area contributed by atoms with Crippen LogP contribution in [0.2, 0.25) is 5.02 Å². The summed E-state index contributed by atoms with van der Waals surface area (Å²) in [7, 11) is -4.15. The van der Waals surface area contributed by atoms with E-state index in [1.807, 2.05) is 0 Å². The minimum Gasteiger partial charge on any atom is -0.404 e. The van der Waals surface area contributed by atoms with Crippen molar-refractivity contribution >= 4 is 19.4 Å². The molecule has 0 saturated carbocycles. The van der Waals surface area contributed by atoms with Crippen molar-refractivity contribution < 1.29 is 18.5 Å². The lowest BCUT2D eigenvalue weighted by molar-refractivity contribution is 0.207. The van der Waals surface area contributed by atoms with Gasteiger partial charge in [-0.1, -0.05) is 11.6 Å². The molecule has 1 N–H and O–H groups in total. The van der Waals surface area contributed by atoms with Crippen molar-refractivity contribution in [1.82, 2.24) is 0 Å². The zero-order valence-electron chi connectivity index (χ0n) is 8.17. The second-order valence-electron chi connectivity index (χ2n) is 2.76. The van der Waals surface area contributed by atoms with Crippen molar-refractivity contribution in [2.75, 3.05) is 6.61 Å². The third-order valence-electron chi connectivity index (χ3n) is 1.50. The van der Waals surface area contributed by atoms with E-state index in [1.165, 1.54) is 24.3 Å². The molecule has 0 fully saturated rings. The summed E-state index contributed by atoms with van der Waals surface area (Å²) in [5.74, 6) is 0.173. The molecule has 0 heterocycles. The largest absolute Gasteiger partial charge is 0.527 e. The SMILES string of the molecule is N#CCCOP(=O)(O)Oc1ccc(Cl)cc1. The quantitative estimate of drug-likeness (QED) is 0.651. The Labute approximate surface area is 97.8 Å². The van der Waals surface area contributed by atoms with Crippen LogP contribution in [0.3, 0.4) is 0 Å². The predicted octanol–water partition coefficient (Wildman–Crippen LogP) is 2.75. The fraction of sp³-hybridized carbons (Fsp3) is 0.222. The van der Waals surface area contributed by atoms with Gasteiger partial charge < -0.3 is 4.52 Å². The molecule has 16 heavy (non-hydrogen) atoms. The van der Waals surface area contributed by atoms with Gasteiger partial charge in [-0.2, -0.15) is 5.26 Å². The first-order valence-electron chi connectivity index (χ1n) is 4.33. The third kappa shape index (κ3) is 4.65. The van der Waals surface area contributed by atoms with E-state index in [0.717, 1.165) is 0 Å². The lowest BCUT2D eigenvalue weighted by Crippen LogP contribution is -1.98. The number of benzene rings is 1. The number of rotatable bonds is 5. The van der Waals surface area contributed by atoms with E-state index in [9.17, 15) is 9.46 Å². The van der Waals surface area contributed by atoms with E-state index in [-0.39, 0.29) is 18.8 Å². The van der Waals surface area contributed by atoms with Crippen molar-refractivity contribution in [3.8, 4) is 11.8 Å². The zero-order valence-corrected chi connectivity index (χ0v) is 9.82. The van der Waals surface area contributed by atoms with Crippen molar-refractivity contribution in [3.05, 3.63) is 29.3 Å². The van der Waals surface area contributed by atoms with Crippen molar-refractivity contribution in [3.63, 3.8) is 0 Å². The number of phosphoric ester groups is 1. The Balaban J connectivity index is 2.55. The van der Waals surface area contributed by atoms with E-state index in [2.05, 4.69) is 4.52 Å². The summed E-state index contributed by atoms with van der Waals surface area (Å²) in [6.07, 6.45) is 0.0223. The normalized spacial score (nSPS) is 13.8. The summed E-state index contributed by atoms with van der Waals surface area (Å²) < 4.78 is 20.6. The van der Waals surface area contributed by atoms with Gasteiger partial charge in [0.15, 0.2) is 0 Å². The number of halogens is 1. The molecule has 7 heteroatoms. The molecule has 1 aromatic carbocycles. The summed E-state index contributed by atoms with van der Waals surface area (Å²) >= 11 is 5.63. The van der Waals surface area contributed by atoms with Gasteiger partial charge in [0, 0.05) is 5.02 Å². The Morgan fingerprint density at radius 3 is 2.62 bits per heavy atom. The van der Waals surface area contributed by atoms with Gasteiger partial charge in [0.2, 0.25) is 0 Å². The highest BCUT2D eigenvalue weighted by Crippen LogP contribution is 2.43. The van der Waals surface area contributed by atoms with Gasteiger partial charge in [-0.15, -0.1) is 0 Å². The molecule has 0 radical (unpaired) electrons. The molecule has 0 saturated heterocycles. The molecule has 86 valence electrons. The minimum absolute atomic E-state index is 0.0223. The average Bonchev–Trinajstić information content (AvgIpc) is 2.21. The molecule has 5 nitrogen and oxygen atoms in total. The fourth-order valence-corrected chi connectivity index (χ4v) is 1.75. The number of nitrogens with zero attached hydrogens (tertiary/aromatic N) is 1. The summed E-state index contributed by atoms with van der Waals surface area (Å²) in [6, 6.07) is 7.71. The molecule has 0 aliphatic heterocycles. The first-order valence-corrected chi connectivity index (χ1v) is 6.20. The summed E-state index contributed by atoms with van der Waals surface area (Å²) in [6.45, 7) is -0.155. The van der Waals surface area contributed by atoms with Crippen molar-refractivity contribution in [2.45, 2.75) is 6.42 Å². The molecule has 0 spiro atoms. The molecule has 0 amide bonds. The van der Waals surface area contributed by atoms with Gasteiger partial charge in [0.05, 0.1) is 19.1 Å². The van der Waals surface area contributed by atoms with E-state index >= 15 is 0 Å².